The molecule has 4 rings (SSSR count). The summed E-state index contributed by atoms with van der Waals surface area (Å²) in [5, 5.41) is 22.3. The summed E-state index contributed by atoms with van der Waals surface area (Å²) in [7, 11) is 0. The van der Waals surface area contributed by atoms with E-state index in [0.717, 1.165) is 33.4 Å². The van der Waals surface area contributed by atoms with Crippen LogP contribution in [0.4, 0.5) is 21.9 Å². The van der Waals surface area contributed by atoms with Gasteiger partial charge in [-0.2, -0.15) is 15.3 Å². The van der Waals surface area contributed by atoms with Crippen molar-refractivity contribution in [1.29, 1.82) is 0 Å². The van der Waals surface area contributed by atoms with E-state index >= 15 is 0 Å². The van der Waals surface area contributed by atoms with Crippen LogP contribution in [0.3, 0.4) is 0 Å². The molecular weight excluding hydrogens is 400 g/mol. The molecule has 0 spiro atoms. The van der Waals surface area contributed by atoms with Crippen molar-refractivity contribution in [2.45, 2.75) is 26.3 Å². The van der Waals surface area contributed by atoms with Gasteiger partial charge in [-0.15, -0.1) is 5.11 Å². The summed E-state index contributed by atoms with van der Waals surface area (Å²) < 4.78 is 0. The molecule has 3 aromatic carbocycles. The van der Waals surface area contributed by atoms with Gasteiger partial charge in [0, 0.05) is 16.5 Å². The van der Waals surface area contributed by atoms with Crippen LogP contribution in [0.1, 0.15) is 17.5 Å². The van der Waals surface area contributed by atoms with E-state index in [1.54, 1.807) is 6.08 Å². The largest absolute Gasteiger partial charge is 0.351 e. The number of hydrogen-bond donors (Lipinski definition) is 2. The van der Waals surface area contributed by atoms with E-state index < -0.39 is 6.03 Å². The Hall–Kier alpha value is -4.13. The van der Waals surface area contributed by atoms with Crippen molar-refractivity contribution in [3.63, 3.8) is 0 Å². The van der Waals surface area contributed by atoms with Crippen LogP contribution < -0.4 is 11.1 Å². The van der Waals surface area contributed by atoms with Gasteiger partial charge in [-0.3, -0.25) is 0 Å². The molecule has 32 heavy (non-hydrogen) atoms. The number of rotatable bonds is 5. The van der Waals surface area contributed by atoms with Gasteiger partial charge in [0.2, 0.25) is 0 Å². The predicted molar refractivity (Wildman–Crippen MR) is 127 cm³/mol. The number of azo groups is 2. The Morgan fingerprint density at radius 2 is 1.62 bits per heavy atom. The van der Waals surface area contributed by atoms with Crippen LogP contribution in [0.15, 0.2) is 99.0 Å². The highest BCUT2D eigenvalue weighted by Gasteiger charge is 2.10. The summed E-state index contributed by atoms with van der Waals surface area (Å²) in [6.07, 6.45) is 6.19. The third-order valence-electron chi connectivity index (χ3n) is 5.09. The molecular formula is C25H24N6O. The maximum absolute atomic E-state index is 11.0. The lowest BCUT2D eigenvalue weighted by Crippen LogP contribution is -2.28. The van der Waals surface area contributed by atoms with Gasteiger partial charge in [-0.05, 0) is 56.7 Å². The van der Waals surface area contributed by atoms with Crippen molar-refractivity contribution in [1.82, 2.24) is 5.32 Å². The average Bonchev–Trinajstić information content (AvgIpc) is 2.78. The van der Waals surface area contributed by atoms with Gasteiger partial charge >= 0.3 is 6.03 Å². The van der Waals surface area contributed by atoms with Gasteiger partial charge in [0.15, 0.2) is 0 Å². The van der Waals surface area contributed by atoms with Gasteiger partial charge in [-0.1, -0.05) is 47.5 Å². The van der Waals surface area contributed by atoms with Crippen LogP contribution in [-0.4, -0.2) is 12.1 Å². The molecule has 0 aliphatic heterocycles. The number of hydrogen-bond acceptors (Lipinski definition) is 5. The fourth-order valence-corrected chi connectivity index (χ4v) is 3.39. The number of amides is 2. The number of carbonyl (C=O) groups excluding carboxylic acids is 1. The van der Waals surface area contributed by atoms with Gasteiger partial charge in [0.25, 0.3) is 0 Å². The monoisotopic (exact) mass is 424 g/mol. The number of benzene rings is 3. The van der Waals surface area contributed by atoms with E-state index in [4.69, 9.17) is 5.73 Å². The summed E-state index contributed by atoms with van der Waals surface area (Å²) in [5.74, 6) is 0. The fourth-order valence-electron chi connectivity index (χ4n) is 3.39. The molecule has 160 valence electrons. The highest BCUT2D eigenvalue weighted by Crippen LogP contribution is 2.35. The van der Waals surface area contributed by atoms with E-state index in [0.29, 0.717) is 12.1 Å². The Labute approximate surface area is 186 Å². The number of aryl methyl sites for hydroxylation is 2. The maximum Gasteiger partial charge on any atom is 0.316 e. The minimum absolute atomic E-state index is 0.102. The van der Waals surface area contributed by atoms with Crippen molar-refractivity contribution in [2.75, 3.05) is 0 Å². The van der Waals surface area contributed by atoms with Crippen molar-refractivity contribution in [3.8, 4) is 0 Å². The zero-order chi connectivity index (χ0) is 22.5. The van der Waals surface area contributed by atoms with E-state index in [2.05, 4.69) is 31.8 Å². The van der Waals surface area contributed by atoms with Crippen LogP contribution in [0, 0.1) is 13.8 Å². The lowest BCUT2D eigenvalue weighted by Gasteiger charge is -2.12. The lowest BCUT2D eigenvalue weighted by molar-refractivity contribution is 0.251. The summed E-state index contributed by atoms with van der Waals surface area (Å²) >= 11 is 0. The first-order valence-electron chi connectivity index (χ1n) is 10.4. The first kappa shape index (κ1) is 21.1. The van der Waals surface area contributed by atoms with Crippen LogP contribution >= 0.6 is 0 Å². The van der Waals surface area contributed by atoms with Crippen LogP contribution in [0.5, 0.6) is 0 Å². The molecule has 1 unspecified atom stereocenters. The minimum Gasteiger partial charge on any atom is -0.351 e. The van der Waals surface area contributed by atoms with E-state index in [-0.39, 0.29) is 6.04 Å². The normalized spacial score (nSPS) is 16.1. The number of fused-ring (bicyclic) bond motifs is 1. The fraction of sp³-hybridized carbons (Fsp3) is 0.160. The molecule has 0 radical (unpaired) electrons. The number of urea groups is 1. The summed E-state index contributed by atoms with van der Waals surface area (Å²) in [6, 6.07) is 17.2. The molecule has 1 aliphatic carbocycles. The highest BCUT2D eigenvalue weighted by atomic mass is 16.2. The van der Waals surface area contributed by atoms with Crippen LogP contribution in [0.2, 0.25) is 0 Å². The molecule has 1 atom stereocenters. The molecule has 0 heterocycles. The smallest absolute Gasteiger partial charge is 0.316 e. The minimum atomic E-state index is -0.581. The molecule has 7 heteroatoms. The molecule has 0 bridgehead atoms. The van der Waals surface area contributed by atoms with E-state index in [9.17, 15) is 4.79 Å². The predicted octanol–water partition coefficient (Wildman–Crippen LogP) is 6.84. The Morgan fingerprint density at radius 1 is 0.906 bits per heavy atom. The Morgan fingerprint density at radius 3 is 2.31 bits per heavy atom. The quantitative estimate of drug-likeness (QED) is 0.430. The second kappa shape index (κ2) is 9.34. The summed E-state index contributed by atoms with van der Waals surface area (Å²) in [5.41, 5.74) is 10.5. The number of nitrogens with zero attached hydrogens (tertiary/aromatic N) is 4. The third-order valence-corrected chi connectivity index (χ3v) is 5.09. The number of primary amides is 1. The molecule has 0 fully saturated rings. The highest BCUT2D eigenvalue weighted by molar-refractivity contribution is 6.00. The Bertz CT molecular complexity index is 1270. The molecule has 1 aliphatic rings. The number of nitrogens with two attached hydrogens (primary N) is 1. The molecule has 2 amide bonds. The van der Waals surface area contributed by atoms with E-state index in [1.165, 1.54) is 5.56 Å². The van der Waals surface area contributed by atoms with Crippen molar-refractivity contribution in [2.24, 2.45) is 26.2 Å². The van der Waals surface area contributed by atoms with Crippen LogP contribution in [-0.2, 0) is 0 Å². The lowest BCUT2D eigenvalue weighted by atomic mass is 10.0. The zero-order valence-corrected chi connectivity index (χ0v) is 18.0. The first-order valence-corrected chi connectivity index (χ1v) is 10.4. The van der Waals surface area contributed by atoms with Crippen molar-refractivity contribution >= 4 is 33.9 Å². The Balaban J connectivity index is 1.59. The average molecular weight is 425 g/mol. The molecule has 0 saturated carbocycles. The standard InChI is InChI=1S/C25H24N6O/c1-16-3-6-19(7-4-16)28-31-24-14-13-23(21-12-5-17(2)15-22(21)24)30-29-20-10-8-18(9-11-20)27-25(26)32/h3-10,12-15,20H,11H2,1-2H3,(H3,26,27,32)/b30-29-,31-28?. The van der Waals surface area contributed by atoms with Gasteiger partial charge in [0.05, 0.1) is 23.1 Å². The number of nitrogens with one attached hydrogen (secondary N) is 1. The summed E-state index contributed by atoms with van der Waals surface area (Å²) in [4.78, 5) is 11.0. The molecule has 0 aromatic heterocycles. The molecule has 7 nitrogen and oxygen atoms in total. The van der Waals surface area contributed by atoms with E-state index in [1.807, 2.05) is 74.5 Å². The third kappa shape index (κ3) is 5.13. The number of carbonyl (C=O) groups is 1. The van der Waals surface area contributed by atoms with Crippen molar-refractivity contribution in [3.05, 3.63) is 89.6 Å². The second-order valence-corrected chi connectivity index (χ2v) is 7.71. The first-order chi connectivity index (χ1) is 15.5. The molecule has 3 N–H and O–H groups in total. The van der Waals surface area contributed by atoms with Gasteiger partial charge in [0.1, 0.15) is 0 Å². The summed E-state index contributed by atoms with van der Waals surface area (Å²) in [6.45, 7) is 4.09. The molecule has 0 saturated heterocycles. The SMILES string of the molecule is Cc1ccc(N=Nc2ccc(/N=N\C3C=CC(NC(N)=O)=CC3)c3ccc(C)cc23)cc1. The number of allylic oxidation sites excluding steroid dienone is 1. The maximum atomic E-state index is 11.0. The van der Waals surface area contributed by atoms with Gasteiger partial charge < -0.3 is 11.1 Å². The zero-order valence-electron chi connectivity index (χ0n) is 18.0. The topological polar surface area (TPSA) is 105 Å². The molecule has 3 aromatic rings. The second-order valence-electron chi connectivity index (χ2n) is 7.71. The Kier molecular flexibility index (Phi) is 6.17. The van der Waals surface area contributed by atoms with Gasteiger partial charge in [-0.25, -0.2) is 4.79 Å². The van der Waals surface area contributed by atoms with Crippen molar-refractivity contribution < 1.29 is 4.79 Å². The van der Waals surface area contributed by atoms with Crippen LogP contribution in [0.25, 0.3) is 10.8 Å².